The number of carbonyl (C=O) groups is 2. The highest BCUT2D eigenvalue weighted by molar-refractivity contribution is 5.84. The van der Waals surface area contributed by atoms with Gasteiger partial charge in [-0.3, -0.25) is 9.59 Å². The summed E-state index contributed by atoms with van der Waals surface area (Å²) in [7, 11) is 0. The van der Waals surface area contributed by atoms with E-state index in [-0.39, 0.29) is 25.4 Å². The third-order valence-electron chi connectivity index (χ3n) is 3.57. The van der Waals surface area contributed by atoms with E-state index >= 15 is 0 Å². The second-order valence-corrected chi connectivity index (χ2v) is 5.91. The molecule has 0 spiro atoms. The number of halogens is 3. The number of nitrogens with zero attached hydrogens (tertiary/aromatic N) is 1. The van der Waals surface area contributed by atoms with Crippen LogP contribution in [0.3, 0.4) is 0 Å². The van der Waals surface area contributed by atoms with E-state index < -0.39 is 24.7 Å². The molecule has 0 aliphatic carbocycles. The van der Waals surface area contributed by atoms with Gasteiger partial charge in [0.15, 0.2) is 6.61 Å². The average molecular weight is 396 g/mol. The molecule has 6 nitrogen and oxygen atoms in total. The van der Waals surface area contributed by atoms with Gasteiger partial charge < -0.3 is 20.1 Å². The number of carbonyl (C=O) groups excluding carboxylic acids is 1. The molecule has 0 bridgehead atoms. The van der Waals surface area contributed by atoms with E-state index in [1.165, 1.54) is 23.1 Å². The summed E-state index contributed by atoms with van der Waals surface area (Å²) in [6.07, 6.45) is -4.44. The van der Waals surface area contributed by atoms with Gasteiger partial charge in [0.1, 0.15) is 12.3 Å². The van der Waals surface area contributed by atoms with Crippen molar-refractivity contribution in [3.63, 3.8) is 0 Å². The van der Waals surface area contributed by atoms with Gasteiger partial charge in [0.25, 0.3) is 0 Å². The van der Waals surface area contributed by atoms with Crippen LogP contribution in [0.5, 0.6) is 5.75 Å². The van der Waals surface area contributed by atoms with Crippen LogP contribution in [0.1, 0.15) is 5.56 Å². The highest BCUT2D eigenvalue weighted by atomic mass is 19.4. The normalized spacial score (nSPS) is 11.0. The van der Waals surface area contributed by atoms with Crippen LogP contribution < -0.4 is 15.0 Å². The number of amides is 1. The molecule has 0 heterocycles. The van der Waals surface area contributed by atoms with Crippen molar-refractivity contribution in [3.05, 3.63) is 60.2 Å². The van der Waals surface area contributed by atoms with Crippen LogP contribution in [-0.4, -0.2) is 42.9 Å². The number of rotatable bonds is 9. The lowest BCUT2D eigenvalue weighted by molar-refractivity contribution is -0.153. The first-order valence-electron chi connectivity index (χ1n) is 8.30. The third-order valence-corrected chi connectivity index (χ3v) is 3.57. The van der Waals surface area contributed by atoms with Gasteiger partial charge in [-0.1, -0.05) is 30.3 Å². The summed E-state index contributed by atoms with van der Waals surface area (Å²) in [6, 6.07) is 14.6. The maximum atomic E-state index is 12.2. The Bertz CT molecular complexity index is 797. The quantitative estimate of drug-likeness (QED) is 0.682. The first-order valence-corrected chi connectivity index (χ1v) is 8.30. The van der Waals surface area contributed by atoms with Crippen molar-refractivity contribution in [3.8, 4) is 5.75 Å². The molecule has 2 N–H and O–H groups in total. The van der Waals surface area contributed by atoms with Gasteiger partial charge in [-0.2, -0.15) is 13.2 Å². The Kier molecular flexibility index (Phi) is 7.25. The molecule has 0 atom stereocenters. The minimum atomic E-state index is -4.44. The van der Waals surface area contributed by atoms with Crippen molar-refractivity contribution >= 4 is 17.6 Å². The summed E-state index contributed by atoms with van der Waals surface area (Å²) in [5.41, 5.74) is 1.14. The Hall–Kier alpha value is -3.23. The van der Waals surface area contributed by atoms with Gasteiger partial charge in [-0.15, -0.1) is 0 Å². The van der Waals surface area contributed by atoms with E-state index in [4.69, 9.17) is 5.11 Å². The average Bonchev–Trinajstić information content (AvgIpc) is 2.64. The molecule has 2 aromatic carbocycles. The Morgan fingerprint density at radius 2 is 1.75 bits per heavy atom. The van der Waals surface area contributed by atoms with Crippen LogP contribution in [0.4, 0.5) is 18.9 Å². The number of ether oxygens (including phenoxy) is 1. The van der Waals surface area contributed by atoms with E-state index in [9.17, 15) is 22.8 Å². The Balaban J connectivity index is 1.92. The minimum absolute atomic E-state index is 0.0425. The number of alkyl halides is 3. The highest BCUT2D eigenvalue weighted by Crippen LogP contribution is 2.19. The summed E-state index contributed by atoms with van der Waals surface area (Å²) in [5.74, 6) is -1.46. The van der Waals surface area contributed by atoms with E-state index in [1.54, 1.807) is 36.4 Å². The second-order valence-electron chi connectivity index (χ2n) is 5.91. The van der Waals surface area contributed by atoms with Gasteiger partial charge in [0.2, 0.25) is 5.91 Å². The number of anilines is 1. The molecule has 0 aliphatic heterocycles. The van der Waals surface area contributed by atoms with Crippen LogP contribution in [0.25, 0.3) is 0 Å². The maximum absolute atomic E-state index is 12.2. The minimum Gasteiger partial charge on any atom is -0.484 e. The summed E-state index contributed by atoms with van der Waals surface area (Å²) in [4.78, 5) is 24.6. The molecule has 0 fully saturated rings. The number of carboxylic acids is 1. The molecule has 9 heteroatoms. The van der Waals surface area contributed by atoms with Crippen molar-refractivity contribution in [1.82, 2.24) is 5.32 Å². The topological polar surface area (TPSA) is 78.9 Å². The van der Waals surface area contributed by atoms with Crippen LogP contribution in [-0.2, 0) is 16.1 Å². The van der Waals surface area contributed by atoms with E-state index in [1.807, 2.05) is 0 Å². The van der Waals surface area contributed by atoms with Gasteiger partial charge >= 0.3 is 12.1 Å². The van der Waals surface area contributed by atoms with E-state index in [0.29, 0.717) is 11.3 Å². The van der Waals surface area contributed by atoms with Crippen LogP contribution in [0.2, 0.25) is 0 Å². The summed E-state index contributed by atoms with van der Waals surface area (Å²) in [6.45, 7) is -1.86. The number of para-hydroxylation sites is 1. The van der Waals surface area contributed by atoms with Gasteiger partial charge in [0.05, 0.1) is 6.54 Å². The molecule has 1 amide bonds. The Labute approximate surface area is 159 Å². The van der Waals surface area contributed by atoms with E-state index in [2.05, 4.69) is 10.1 Å². The number of carboxylic acid groups (broad SMARTS) is 1. The smallest absolute Gasteiger partial charge is 0.422 e. The third kappa shape index (κ3) is 7.56. The molecule has 2 aromatic rings. The van der Waals surface area contributed by atoms with Crippen molar-refractivity contribution in [1.29, 1.82) is 0 Å². The van der Waals surface area contributed by atoms with Crippen molar-refractivity contribution in [2.45, 2.75) is 12.7 Å². The number of hydrogen-bond acceptors (Lipinski definition) is 4. The zero-order chi connectivity index (χ0) is 20.6. The molecule has 0 aromatic heterocycles. The predicted molar refractivity (Wildman–Crippen MR) is 96.1 cm³/mol. The highest BCUT2D eigenvalue weighted by Gasteiger charge is 2.28. The SMILES string of the molecule is O=C(O)CN(CC(=O)NCc1cccc(OCC(F)(F)F)c1)c1ccccc1. The standard InChI is InChI=1S/C19H19F3N2O4/c20-19(21,22)13-28-16-8-4-5-14(9-16)10-23-17(25)11-24(12-18(26)27)15-6-2-1-3-7-15/h1-9H,10-13H2,(H,23,25)(H,26,27). The zero-order valence-electron chi connectivity index (χ0n) is 14.8. The number of aliphatic carboxylic acids is 1. The number of hydrogen-bond donors (Lipinski definition) is 2. The second kappa shape index (κ2) is 9.63. The molecule has 0 unspecified atom stereocenters. The molecule has 2 rings (SSSR count). The van der Waals surface area contributed by atoms with Crippen LogP contribution in [0.15, 0.2) is 54.6 Å². The zero-order valence-corrected chi connectivity index (χ0v) is 14.8. The molecule has 28 heavy (non-hydrogen) atoms. The summed E-state index contributed by atoms with van der Waals surface area (Å²) in [5, 5.41) is 11.7. The van der Waals surface area contributed by atoms with Gasteiger partial charge in [-0.25, -0.2) is 0 Å². The van der Waals surface area contributed by atoms with Crippen molar-refractivity contribution in [2.24, 2.45) is 0 Å². The molecule has 150 valence electrons. The number of nitrogens with one attached hydrogen (secondary N) is 1. The molecule has 0 saturated carbocycles. The van der Waals surface area contributed by atoms with Gasteiger partial charge in [-0.05, 0) is 29.8 Å². The van der Waals surface area contributed by atoms with Crippen molar-refractivity contribution in [2.75, 3.05) is 24.6 Å². The lowest BCUT2D eigenvalue weighted by Gasteiger charge is -2.22. The number of benzene rings is 2. The predicted octanol–water partition coefficient (Wildman–Crippen LogP) is 2.84. The Morgan fingerprint density at radius 1 is 1.04 bits per heavy atom. The molecule has 0 radical (unpaired) electrons. The van der Waals surface area contributed by atoms with E-state index in [0.717, 1.165) is 0 Å². The summed E-state index contributed by atoms with van der Waals surface area (Å²) < 4.78 is 41.3. The molecule has 0 aliphatic rings. The summed E-state index contributed by atoms with van der Waals surface area (Å²) >= 11 is 0. The monoisotopic (exact) mass is 396 g/mol. The molecular weight excluding hydrogens is 377 g/mol. The largest absolute Gasteiger partial charge is 0.484 e. The molecular formula is C19H19F3N2O4. The fourth-order valence-corrected chi connectivity index (χ4v) is 2.38. The first-order chi connectivity index (χ1) is 13.2. The fourth-order valence-electron chi connectivity index (χ4n) is 2.38. The van der Waals surface area contributed by atoms with Crippen LogP contribution >= 0.6 is 0 Å². The van der Waals surface area contributed by atoms with Crippen LogP contribution in [0, 0.1) is 0 Å². The Morgan fingerprint density at radius 3 is 2.39 bits per heavy atom. The lowest BCUT2D eigenvalue weighted by atomic mass is 10.2. The van der Waals surface area contributed by atoms with Crippen molar-refractivity contribution < 1.29 is 32.6 Å². The fraction of sp³-hybridized carbons (Fsp3) is 0.263. The maximum Gasteiger partial charge on any atom is 0.422 e. The molecule has 0 saturated heterocycles. The first kappa shape index (κ1) is 21.1. The van der Waals surface area contributed by atoms with Gasteiger partial charge in [0, 0.05) is 12.2 Å². The lowest BCUT2D eigenvalue weighted by Crippen LogP contribution is -2.39.